The van der Waals surface area contributed by atoms with Crippen molar-refractivity contribution in [2.45, 2.75) is 51.9 Å². The molecule has 2 aliphatic heterocycles. The zero-order valence-electron chi connectivity index (χ0n) is 16.4. The minimum Gasteiger partial charge on any atom is -0.334 e. The Balaban J connectivity index is 0.000000251. The van der Waals surface area contributed by atoms with Gasteiger partial charge in [0.15, 0.2) is 0 Å². The molecule has 1 N–H and O–H groups in total. The summed E-state index contributed by atoms with van der Waals surface area (Å²) in [6.07, 6.45) is 2.78. The second-order valence-corrected chi connectivity index (χ2v) is 7.22. The third-order valence-corrected chi connectivity index (χ3v) is 4.75. The number of carbonyl (C=O) groups is 2. The quantitative estimate of drug-likeness (QED) is 0.758. The topological polar surface area (TPSA) is 55.9 Å². The molecule has 0 aromatic carbocycles. The summed E-state index contributed by atoms with van der Waals surface area (Å²) in [7, 11) is 2.09. The molecule has 142 valence electrons. The zero-order valence-corrected chi connectivity index (χ0v) is 16.4. The summed E-state index contributed by atoms with van der Waals surface area (Å²) in [6, 6.07) is 1.26. The van der Waals surface area contributed by atoms with Crippen LogP contribution in [0.3, 0.4) is 0 Å². The summed E-state index contributed by atoms with van der Waals surface area (Å²) < 4.78 is 0. The van der Waals surface area contributed by atoms with Gasteiger partial charge in [0.2, 0.25) is 11.8 Å². The highest BCUT2D eigenvalue weighted by Gasteiger charge is 2.29. The monoisotopic (exact) mass is 350 g/mol. The van der Waals surface area contributed by atoms with Crippen LogP contribution in [-0.4, -0.2) is 83.9 Å². The molecule has 25 heavy (non-hydrogen) atoms. The minimum absolute atomic E-state index is 0.0378. The summed E-state index contributed by atoms with van der Waals surface area (Å²) in [6.45, 7) is 18.8. The van der Waals surface area contributed by atoms with Gasteiger partial charge in [0, 0.05) is 50.3 Å². The summed E-state index contributed by atoms with van der Waals surface area (Å²) in [5.41, 5.74) is 0. The summed E-state index contributed by atoms with van der Waals surface area (Å²) >= 11 is 0. The largest absolute Gasteiger partial charge is 0.334 e. The van der Waals surface area contributed by atoms with E-state index in [2.05, 4.69) is 51.2 Å². The first-order chi connectivity index (χ1) is 11.7. The van der Waals surface area contributed by atoms with Crippen molar-refractivity contribution in [2.75, 3.05) is 33.2 Å². The second-order valence-electron chi connectivity index (χ2n) is 7.22. The Labute approximate surface area is 152 Å². The normalized spacial score (nSPS) is 30.1. The van der Waals surface area contributed by atoms with E-state index in [-0.39, 0.29) is 17.9 Å². The van der Waals surface area contributed by atoms with Gasteiger partial charge < -0.3 is 20.0 Å². The minimum atomic E-state index is 0.0378. The van der Waals surface area contributed by atoms with Gasteiger partial charge in [-0.05, 0) is 46.9 Å². The van der Waals surface area contributed by atoms with E-state index in [0.717, 1.165) is 26.2 Å². The van der Waals surface area contributed by atoms with Crippen molar-refractivity contribution >= 4 is 11.8 Å². The number of nitrogens with one attached hydrogen (secondary N) is 1. The van der Waals surface area contributed by atoms with Crippen molar-refractivity contribution in [2.24, 2.45) is 0 Å². The van der Waals surface area contributed by atoms with Crippen LogP contribution in [0.2, 0.25) is 0 Å². The van der Waals surface area contributed by atoms with Crippen LogP contribution in [0.5, 0.6) is 0 Å². The Morgan fingerprint density at radius 2 is 1.44 bits per heavy atom. The molecule has 6 heteroatoms. The van der Waals surface area contributed by atoms with Crippen molar-refractivity contribution in [3.63, 3.8) is 0 Å². The van der Waals surface area contributed by atoms with Crippen molar-refractivity contribution in [3.8, 4) is 0 Å². The van der Waals surface area contributed by atoms with E-state index in [0.29, 0.717) is 18.1 Å². The molecule has 0 spiro atoms. The van der Waals surface area contributed by atoms with E-state index < -0.39 is 0 Å². The van der Waals surface area contributed by atoms with E-state index in [9.17, 15) is 9.59 Å². The van der Waals surface area contributed by atoms with Crippen LogP contribution in [0, 0.1) is 0 Å². The molecule has 4 unspecified atom stereocenters. The molecule has 2 heterocycles. The number of hydrogen-bond donors (Lipinski definition) is 1. The molecule has 2 saturated heterocycles. The highest BCUT2D eigenvalue weighted by Crippen LogP contribution is 2.14. The molecule has 0 radical (unpaired) electrons. The Bertz CT molecular complexity index is 482. The maximum Gasteiger partial charge on any atom is 0.246 e. The van der Waals surface area contributed by atoms with Crippen molar-refractivity contribution in [1.29, 1.82) is 0 Å². The Morgan fingerprint density at radius 3 is 1.92 bits per heavy atom. The number of piperazine rings is 2. The number of nitrogens with zero attached hydrogens (tertiary/aromatic N) is 3. The molecular formula is C19H34N4O2. The SMILES string of the molecule is C=CC(=O)N1C(C)CN(C)CC1C.C=CC(=O)N1CC(C)NCC1C. The van der Waals surface area contributed by atoms with Gasteiger partial charge in [-0.3, -0.25) is 9.59 Å². The molecule has 0 aromatic heterocycles. The highest BCUT2D eigenvalue weighted by atomic mass is 16.2. The Kier molecular flexibility index (Phi) is 8.32. The zero-order chi connectivity index (χ0) is 19.1. The number of carbonyl (C=O) groups excluding carboxylic acids is 2. The van der Waals surface area contributed by atoms with Gasteiger partial charge in [0.05, 0.1) is 0 Å². The van der Waals surface area contributed by atoms with Crippen molar-refractivity contribution in [3.05, 3.63) is 25.3 Å². The van der Waals surface area contributed by atoms with E-state index in [4.69, 9.17) is 0 Å². The Hall–Kier alpha value is -1.66. The lowest BCUT2D eigenvalue weighted by molar-refractivity contribution is -0.133. The molecule has 0 bridgehead atoms. The second kappa shape index (κ2) is 9.73. The first-order valence-corrected chi connectivity index (χ1v) is 9.00. The predicted molar refractivity (Wildman–Crippen MR) is 102 cm³/mol. The van der Waals surface area contributed by atoms with Crippen LogP contribution in [-0.2, 0) is 9.59 Å². The van der Waals surface area contributed by atoms with Gasteiger partial charge in [-0.2, -0.15) is 0 Å². The first-order valence-electron chi connectivity index (χ1n) is 9.00. The maximum atomic E-state index is 11.5. The van der Waals surface area contributed by atoms with Gasteiger partial charge >= 0.3 is 0 Å². The number of rotatable bonds is 2. The van der Waals surface area contributed by atoms with Crippen molar-refractivity contribution < 1.29 is 9.59 Å². The number of hydrogen-bond acceptors (Lipinski definition) is 4. The fourth-order valence-electron chi connectivity index (χ4n) is 3.57. The Morgan fingerprint density at radius 1 is 0.920 bits per heavy atom. The van der Waals surface area contributed by atoms with Crippen LogP contribution in [0.1, 0.15) is 27.7 Å². The van der Waals surface area contributed by atoms with Gasteiger partial charge in [-0.1, -0.05) is 13.2 Å². The molecule has 2 rings (SSSR count). The predicted octanol–water partition coefficient (Wildman–Crippen LogP) is 1.10. The lowest BCUT2D eigenvalue weighted by Gasteiger charge is -2.42. The summed E-state index contributed by atoms with van der Waals surface area (Å²) in [5.74, 6) is 0.0870. The van der Waals surface area contributed by atoms with E-state index >= 15 is 0 Å². The molecule has 0 aliphatic carbocycles. The fraction of sp³-hybridized carbons (Fsp3) is 0.684. The molecular weight excluding hydrogens is 316 g/mol. The molecule has 2 amide bonds. The molecule has 6 nitrogen and oxygen atoms in total. The molecule has 0 saturated carbocycles. The van der Waals surface area contributed by atoms with Gasteiger partial charge in [-0.25, -0.2) is 0 Å². The smallest absolute Gasteiger partial charge is 0.246 e. The standard InChI is InChI=1S/C10H18N2O.C9H16N2O/c1-5-10(13)12-8(2)6-11(4)7-9(12)3;1-4-9(12)11-6-7(2)10-5-8(11)3/h5,8-9H,1,6-7H2,2-4H3;4,7-8,10H,1,5-6H2,2-3H3. The third-order valence-electron chi connectivity index (χ3n) is 4.75. The van der Waals surface area contributed by atoms with Crippen molar-refractivity contribution in [1.82, 2.24) is 20.0 Å². The average molecular weight is 351 g/mol. The van der Waals surface area contributed by atoms with Gasteiger partial charge in [0.25, 0.3) is 0 Å². The van der Waals surface area contributed by atoms with Crippen LogP contribution < -0.4 is 5.32 Å². The van der Waals surface area contributed by atoms with E-state index in [1.165, 1.54) is 12.2 Å². The summed E-state index contributed by atoms with van der Waals surface area (Å²) in [5, 5.41) is 3.31. The summed E-state index contributed by atoms with van der Waals surface area (Å²) in [4.78, 5) is 28.8. The van der Waals surface area contributed by atoms with Crippen LogP contribution in [0.15, 0.2) is 25.3 Å². The highest BCUT2D eigenvalue weighted by molar-refractivity contribution is 5.87. The van der Waals surface area contributed by atoms with Crippen LogP contribution in [0.4, 0.5) is 0 Å². The number of amides is 2. The van der Waals surface area contributed by atoms with Gasteiger partial charge in [0.1, 0.15) is 0 Å². The van der Waals surface area contributed by atoms with Crippen LogP contribution in [0.25, 0.3) is 0 Å². The molecule has 2 fully saturated rings. The third kappa shape index (κ3) is 5.97. The first kappa shape index (κ1) is 21.4. The molecule has 4 atom stereocenters. The molecule has 0 aromatic rings. The number of likely N-dealkylation sites (N-methyl/N-ethyl adjacent to an activating group) is 1. The van der Waals surface area contributed by atoms with Crippen LogP contribution >= 0.6 is 0 Å². The fourth-order valence-corrected chi connectivity index (χ4v) is 3.57. The van der Waals surface area contributed by atoms with Gasteiger partial charge in [-0.15, -0.1) is 0 Å². The lowest BCUT2D eigenvalue weighted by atomic mass is 10.1. The molecule has 2 aliphatic rings. The average Bonchev–Trinajstić information content (AvgIpc) is 2.55. The van der Waals surface area contributed by atoms with E-state index in [1.54, 1.807) is 0 Å². The lowest BCUT2D eigenvalue weighted by Crippen LogP contribution is -2.57. The van der Waals surface area contributed by atoms with E-state index in [1.807, 2.05) is 16.7 Å². The maximum absolute atomic E-state index is 11.5.